The van der Waals surface area contributed by atoms with Gasteiger partial charge in [0.25, 0.3) is 5.91 Å². The van der Waals surface area contributed by atoms with Gasteiger partial charge in [-0.3, -0.25) is 4.79 Å². The summed E-state index contributed by atoms with van der Waals surface area (Å²) in [4.78, 5) is 12.4. The average Bonchev–Trinajstić information content (AvgIpc) is 2.56. The molecule has 2 rings (SSSR count). The maximum Gasteiger partial charge on any atom is 0.255 e. The van der Waals surface area contributed by atoms with Gasteiger partial charge in [0.1, 0.15) is 17.6 Å². The van der Waals surface area contributed by atoms with Gasteiger partial charge in [-0.2, -0.15) is 0 Å². The molecule has 2 aromatic rings. The minimum Gasteiger partial charge on any atom is -0.496 e. The van der Waals surface area contributed by atoms with Crippen molar-refractivity contribution in [2.75, 3.05) is 19.4 Å². The van der Waals surface area contributed by atoms with Crippen molar-refractivity contribution in [3.63, 3.8) is 0 Å². The molecule has 25 heavy (non-hydrogen) atoms. The number of amides is 1. The molecule has 5 nitrogen and oxygen atoms in total. The summed E-state index contributed by atoms with van der Waals surface area (Å²) in [5.41, 5.74) is 7.46. The number of hydrogen-bond donors (Lipinski definition) is 2. The molecular weight excluding hydrogens is 363 g/mol. The van der Waals surface area contributed by atoms with Gasteiger partial charge >= 0.3 is 0 Å². The third kappa shape index (κ3) is 5.44. The fraction of sp³-hybridized carbons (Fsp3) is 0.278. The number of nitrogens with two attached hydrogens (primary N) is 1. The van der Waals surface area contributed by atoms with Crippen LogP contribution in [0.4, 0.5) is 5.69 Å². The number of methoxy groups -OCH3 is 1. The summed E-state index contributed by atoms with van der Waals surface area (Å²) in [5, 5.41) is 3.13. The van der Waals surface area contributed by atoms with Crippen LogP contribution in [0.15, 0.2) is 36.4 Å². The van der Waals surface area contributed by atoms with Crippen LogP contribution in [-0.2, 0) is 0 Å². The molecule has 0 aromatic heterocycles. The van der Waals surface area contributed by atoms with Gasteiger partial charge in [-0.15, -0.1) is 12.4 Å². The van der Waals surface area contributed by atoms with Crippen LogP contribution in [0.2, 0.25) is 5.02 Å². The summed E-state index contributed by atoms with van der Waals surface area (Å²) in [6, 6.07) is 10.8. The fourth-order valence-electron chi connectivity index (χ4n) is 2.19. The fourth-order valence-corrected chi connectivity index (χ4v) is 2.36. The van der Waals surface area contributed by atoms with Gasteiger partial charge in [-0.1, -0.05) is 29.8 Å². The Kier molecular flexibility index (Phi) is 7.87. The number of halogens is 2. The van der Waals surface area contributed by atoms with Crippen LogP contribution in [0.3, 0.4) is 0 Å². The number of rotatable bonds is 6. The van der Waals surface area contributed by atoms with E-state index < -0.39 is 0 Å². The number of ether oxygens (including phenoxy) is 2. The van der Waals surface area contributed by atoms with Gasteiger partial charge < -0.3 is 20.5 Å². The molecular formula is C18H22Cl2N2O3. The van der Waals surface area contributed by atoms with Crippen LogP contribution >= 0.6 is 24.0 Å². The Morgan fingerprint density at radius 3 is 2.60 bits per heavy atom. The van der Waals surface area contributed by atoms with Gasteiger partial charge in [0.15, 0.2) is 0 Å². The van der Waals surface area contributed by atoms with E-state index >= 15 is 0 Å². The lowest BCUT2D eigenvalue weighted by Gasteiger charge is -2.17. The van der Waals surface area contributed by atoms with E-state index in [0.717, 1.165) is 11.3 Å². The molecule has 0 saturated heterocycles. The zero-order valence-electron chi connectivity index (χ0n) is 14.3. The van der Waals surface area contributed by atoms with Gasteiger partial charge in [0.05, 0.1) is 29.9 Å². The van der Waals surface area contributed by atoms with Gasteiger partial charge in [-0.25, -0.2) is 0 Å². The first-order valence-electron chi connectivity index (χ1n) is 7.56. The molecule has 3 N–H and O–H groups in total. The summed E-state index contributed by atoms with van der Waals surface area (Å²) in [7, 11) is 1.48. The maximum atomic E-state index is 12.4. The molecule has 1 unspecified atom stereocenters. The third-order valence-electron chi connectivity index (χ3n) is 3.54. The van der Waals surface area contributed by atoms with Crippen molar-refractivity contribution in [2.24, 2.45) is 0 Å². The normalized spacial score (nSPS) is 11.2. The molecule has 0 bridgehead atoms. The van der Waals surface area contributed by atoms with Crippen molar-refractivity contribution in [1.29, 1.82) is 0 Å². The molecule has 1 atom stereocenters. The lowest BCUT2D eigenvalue weighted by atomic mass is 10.1. The highest BCUT2D eigenvalue weighted by Crippen LogP contribution is 2.28. The summed E-state index contributed by atoms with van der Waals surface area (Å²) in [6.45, 7) is 4.21. The van der Waals surface area contributed by atoms with E-state index in [0.29, 0.717) is 28.6 Å². The van der Waals surface area contributed by atoms with Crippen molar-refractivity contribution < 1.29 is 14.3 Å². The molecule has 0 spiro atoms. The minimum atomic E-state index is -0.297. The van der Waals surface area contributed by atoms with E-state index in [4.69, 9.17) is 26.8 Å². The molecule has 0 aliphatic rings. The molecule has 0 radical (unpaired) electrons. The van der Waals surface area contributed by atoms with Crippen molar-refractivity contribution in [2.45, 2.75) is 20.0 Å². The number of aryl methyl sites for hydroxylation is 1. The van der Waals surface area contributed by atoms with E-state index in [2.05, 4.69) is 5.32 Å². The van der Waals surface area contributed by atoms with Crippen molar-refractivity contribution in [3.8, 4) is 11.5 Å². The van der Waals surface area contributed by atoms with Gasteiger partial charge in [-0.05, 0) is 31.5 Å². The summed E-state index contributed by atoms with van der Waals surface area (Å²) >= 11 is 5.99. The van der Waals surface area contributed by atoms with Crippen LogP contribution in [0, 0.1) is 6.92 Å². The second-order valence-corrected chi connectivity index (χ2v) is 5.89. The third-order valence-corrected chi connectivity index (χ3v) is 3.86. The molecule has 2 aromatic carbocycles. The minimum absolute atomic E-state index is 0. The molecule has 0 saturated carbocycles. The Hall–Kier alpha value is -2.11. The summed E-state index contributed by atoms with van der Waals surface area (Å²) in [5.74, 6) is 0.878. The molecule has 0 fully saturated rings. The SMILES string of the molecule is COc1cc(N)c(Cl)cc1C(=O)NCC(C)Oc1ccccc1C.Cl. The Bertz CT molecular complexity index is 738. The molecule has 136 valence electrons. The van der Waals surface area contributed by atoms with E-state index in [-0.39, 0.29) is 24.4 Å². The molecule has 7 heteroatoms. The number of para-hydroxylation sites is 1. The molecule has 0 heterocycles. The molecule has 0 aliphatic carbocycles. The van der Waals surface area contributed by atoms with E-state index in [9.17, 15) is 4.79 Å². The van der Waals surface area contributed by atoms with Crippen LogP contribution in [-0.4, -0.2) is 25.7 Å². The number of carbonyl (C=O) groups excluding carboxylic acids is 1. The molecule has 1 amide bonds. The topological polar surface area (TPSA) is 73.6 Å². The van der Waals surface area contributed by atoms with Crippen LogP contribution < -0.4 is 20.5 Å². The Morgan fingerprint density at radius 1 is 1.28 bits per heavy atom. The largest absolute Gasteiger partial charge is 0.496 e. The number of nitrogen functional groups attached to an aromatic ring is 1. The van der Waals surface area contributed by atoms with Crippen molar-refractivity contribution in [1.82, 2.24) is 5.32 Å². The first-order valence-corrected chi connectivity index (χ1v) is 7.93. The first-order chi connectivity index (χ1) is 11.4. The van der Waals surface area contributed by atoms with E-state index in [1.165, 1.54) is 19.2 Å². The molecule has 0 aliphatic heterocycles. The average molecular weight is 385 g/mol. The predicted molar refractivity (Wildman–Crippen MR) is 103 cm³/mol. The van der Waals surface area contributed by atoms with Crippen LogP contribution in [0.1, 0.15) is 22.8 Å². The second kappa shape index (κ2) is 9.39. The van der Waals surface area contributed by atoms with Crippen LogP contribution in [0.5, 0.6) is 11.5 Å². The summed E-state index contributed by atoms with van der Waals surface area (Å²) < 4.78 is 11.0. The first kappa shape index (κ1) is 20.9. The zero-order chi connectivity index (χ0) is 17.7. The van der Waals surface area contributed by atoms with Crippen LogP contribution in [0.25, 0.3) is 0 Å². The Labute approximate surface area is 158 Å². The highest BCUT2D eigenvalue weighted by Gasteiger charge is 2.16. The Morgan fingerprint density at radius 2 is 1.96 bits per heavy atom. The summed E-state index contributed by atoms with van der Waals surface area (Å²) in [6.07, 6.45) is -0.190. The van der Waals surface area contributed by atoms with Crippen molar-refractivity contribution in [3.05, 3.63) is 52.5 Å². The van der Waals surface area contributed by atoms with E-state index in [1.807, 2.05) is 38.1 Å². The quantitative estimate of drug-likeness (QED) is 0.741. The smallest absolute Gasteiger partial charge is 0.255 e. The Balaban J connectivity index is 0.00000312. The predicted octanol–water partition coefficient (Wildman–Crippen LogP) is 3.86. The second-order valence-electron chi connectivity index (χ2n) is 5.48. The number of carbonyl (C=O) groups is 1. The lowest BCUT2D eigenvalue weighted by molar-refractivity contribution is 0.0929. The zero-order valence-corrected chi connectivity index (χ0v) is 15.9. The highest BCUT2D eigenvalue weighted by molar-refractivity contribution is 6.33. The van der Waals surface area contributed by atoms with Crippen molar-refractivity contribution >= 4 is 35.6 Å². The monoisotopic (exact) mass is 384 g/mol. The van der Waals surface area contributed by atoms with Gasteiger partial charge in [0, 0.05) is 6.07 Å². The number of hydrogen-bond acceptors (Lipinski definition) is 4. The number of nitrogens with one attached hydrogen (secondary N) is 1. The standard InChI is InChI=1S/C18H21ClN2O3.ClH/c1-11-6-4-5-7-16(11)24-12(2)10-21-18(22)13-8-14(19)15(20)9-17(13)23-3;/h4-9,12H,10,20H2,1-3H3,(H,21,22);1H. The highest BCUT2D eigenvalue weighted by atomic mass is 35.5. The lowest BCUT2D eigenvalue weighted by Crippen LogP contribution is -2.33. The van der Waals surface area contributed by atoms with E-state index in [1.54, 1.807) is 0 Å². The number of benzene rings is 2. The van der Waals surface area contributed by atoms with Gasteiger partial charge in [0.2, 0.25) is 0 Å². The maximum absolute atomic E-state index is 12.4. The number of anilines is 1.